The average molecular weight is 404 g/mol. The minimum Gasteiger partial charge on any atom is -0.493 e. The number of halogens is 2. The first-order chi connectivity index (χ1) is 13.4. The fourth-order valence-corrected chi connectivity index (χ4v) is 2.31. The lowest BCUT2D eigenvalue weighted by Crippen LogP contribution is -2.31. The molecule has 0 fully saturated rings. The summed E-state index contributed by atoms with van der Waals surface area (Å²) in [7, 11) is 0. The molecule has 3 N–H and O–H groups in total. The van der Waals surface area contributed by atoms with E-state index in [0.29, 0.717) is 11.5 Å². The molecule has 0 unspecified atom stereocenters. The number of benzene rings is 1. The van der Waals surface area contributed by atoms with Gasteiger partial charge >= 0.3 is 0 Å². The van der Waals surface area contributed by atoms with E-state index in [4.69, 9.17) is 16.1 Å². The summed E-state index contributed by atoms with van der Waals surface area (Å²) in [6.45, 7) is 1.95. The van der Waals surface area contributed by atoms with Gasteiger partial charge in [-0.05, 0) is 31.2 Å². The molecule has 0 saturated carbocycles. The summed E-state index contributed by atoms with van der Waals surface area (Å²) < 4.78 is 18.6. The van der Waals surface area contributed by atoms with Crippen LogP contribution in [0.2, 0.25) is 5.02 Å². The van der Waals surface area contributed by atoms with Gasteiger partial charge < -0.3 is 20.3 Å². The van der Waals surface area contributed by atoms with Gasteiger partial charge in [0.2, 0.25) is 11.8 Å². The maximum atomic E-state index is 13.6. The van der Waals surface area contributed by atoms with Gasteiger partial charge in [-0.1, -0.05) is 22.8 Å². The van der Waals surface area contributed by atoms with Crippen molar-refractivity contribution >= 4 is 29.3 Å². The Morgan fingerprint density at radius 3 is 2.82 bits per heavy atom. The first-order valence-corrected chi connectivity index (χ1v) is 8.45. The van der Waals surface area contributed by atoms with E-state index in [1.165, 1.54) is 18.2 Å². The van der Waals surface area contributed by atoms with E-state index < -0.39 is 11.7 Å². The number of aryl methyl sites for hydroxylation is 1. The summed E-state index contributed by atoms with van der Waals surface area (Å²) in [5, 5.41) is 18.9. The van der Waals surface area contributed by atoms with Crippen molar-refractivity contribution in [2.24, 2.45) is 4.99 Å². The molecule has 144 valence electrons. The molecule has 0 bridgehead atoms. The van der Waals surface area contributed by atoms with Crippen LogP contribution in [0.5, 0.6) is 5.88 Å². The van der Waals surface area contributed by atoms with E-state index in [0.717, 1.165) is 6.07 Å². The van der Waals surface area contributed by atoms with Crippen LogP contribution in [0.1, 0.15) is 21.8 Å². The molecule has 0 aliphatic rings. The number of hydrogen-bond acceptors (Lipinski definition) is 5. The fourth-order valence-electron chi connectivity index (χ4n) is 2.20. The van der Waals surface area contributed by atoms with Crippen molar-refractivity contribution in [1.29, 1.82) is 0 Å². The number of hydrogen-bond donors (Lipinski definition) is 3. The molecule has 0 atom stereocenters. The van der Waals surface area contributed by atoms with Gasteiger partial charge in [0, 0.05) is 17.7 Å². The van der Waals surface area contributed by atoms with E-state index in [2.05, 4.69) is 25.8 Å². The summed E-state index contributed by atoms with van der Waals surface area (Å²) in [5.74, 6) is -0.732. The monoisotopic (exact) mass is 403 g/mol. The quantitative estimate of drug-likeness (QED) is 0.452. The van der Waals surface area contributed by atoms with Gasteiger partial charge in [-0.3, -0.25) is 4.79 Å². The minimum absolute atomic E-state index is 0.0177. The fraction of sp³-hybridized carbons (Fsp3) is 0.111. The molecule has 10 heteroatoms. The van der Waals surface area contributed by atoms with Crippen molar-refractivity contribution in [2.75, 3.05) is 5.32 Å². The molecule has 1 aromatic carbocycles. The van der Waals surface area contributed by atoms with Crippen LogP contribution in [0.15, 0.2) is 52.0 Å². The molecule has 0 spiro atoms. The van der Waals surface area contributed by atoms with Crippen molar-refractivity contribution in [2.45, 2.75) is 13.5 Å². The van der Waals surface area contributed by atoms with E-state index in [9.17, 15) is 14.3 Å². The Bertz CT molecular complexity index is 1040. The maximum absolute atomic E-state index is 13.6. The molecule has 3 rings (SSSR count). The highest BCUT2D eigenvalue weighted by Crippen LogP contribution is 2.16. The predicted molar refractivity (Wildman–Crippen MR) is 101 cm³/mol. The zero-order chi connectivity index (χ0) is 20.1. The number of aromatic hydroxyl groups is 1. The molecule has 0 saturated heterocycles. The number of carbonyl (C=O) groups excluding carboxylic acids is 1. The topological polar surface area (TPSA) is 113 Å². The van der Waals surface area contributed by atoms with Crippen LogP contribution in [0.25, 0.3) is 0 Å². The Labute approximate surface area is 164 Å². The lowest BCUT2D eigenvalue weighted by molar-refractivity contribution is 0.100. The van der Waals surface area contributed by atoms with Crippen LogP contribution in [0, 0.1) is 12.7 Å². The lowest BCUT2D eigenvalue weighted by atomic mass is 10.2. The summed E-state index contributed by atoms with van der Waals surface area (Å²) in [5.41, 5.74) is 0.602. The highest BCUT2D eigenvalue weighted by Gasteiger charge is 2.12. The Morgan fingerprint density at radius 2 is 2.14 bits per heavy atom. The van der Waals surface area contributed by atoms with Crippen molar-refractivity contribution in [1.82, 2.24) is 15.5 Å². The number of pyridine rings is 1. The predicted octanol–water partition coefficient (Wildman–Crippen LogP) is 3.27. The first kappa shape index (κ1) is 19.3. The highest BCUT2D eigenvalue weighted by molar-refractivity contribution is 6.30. The number of nitrogens with zero attached hydrogens (tertiary/aromatic N) is 3. The second-order valence-corrected chi connectivity index (χ2v) is 6.09. The second kappa shape index (κ2) is 8.49. The maximum Gasteiger partial charge on any atom is 0.280 e. The molecular formula is C18H15ClFN5O3. The van der Waals surface area contributed by atoms with Gasteiger partial charge in [0.1, 0.15) is 23.1 Å². The number of nitrogens with one attached hydrogen (secondary N) is 2. The molecule has 0 aliphatic heterocycles. The van der Waals surface area contributed by atoms with E-state index in [1.54, 1.807) is 25.1 Å². The zero-order valence-electron chi connectivity index (χ0n) is 14.6. The molecule has 0 radical (unpaired) electrons. The van der Waals surface area contributed by atoms with E-state index in [1.807, 2.05) is 0 Å². The van der Waals surface area contributed by atoms with Gasteiger partial charge in [0.15, 0.2) is 0 Å². The number of carbonyl (C=O) groups is 1. The SMILES string of the molecule is Cc1cc(CN/C(=N/C(=O)c2ccc(Cl)c(F)c2)Nc2cccc(O)n2)no1. The smallest absolute Gasteiger partial charge is 0.280 e. The standard InChI is InChI=1S/C18H15ClFN5O3/c1-10-7-12(25-28-10)9-21-18(23-15-3-2-4-16(26)22-15)24-17(27)11-5-6-13(19)14(20)8-11/h2-8H,9H2,1H3,(H3,21,22,23,24,26,27). The lowest BCUT2D eigenvalue weighted by Gasteiger charge is -2.11. The van der Waals surface area contributed by atoms with E-state index in [-0.39, 0.29) is 34.8 Å². The summed E-state index contributed by atoms with van der Waals surface area (Å²) >= 11 is 5.64. The Morgan fingerprint density at radius 1 is 1.32 bits per heavy atom. The molecule has 2 heterocycles. The first-order valence-electron chi connectivity index (χ1n) is 8.08. The third-order valence-electron chi connectivity index (χ3n) is 3.47. The number of anilines is 1. The minimum atomic E-state index is -0.724. The molecule has 3 aromatic rings. The molecule has 2 aromatic heterocycles. The van der Waals surface area contributed by atoms with Crippen LogP contribution in [0.4, 0.5) is 10.2 Å². The van der Waals surface area contributed by atoms with Crippen molar-refractivity contribution in [3.8, 4) is 5.88 Å². The number of aliphatic imine (C=N–C) groups is 1. The Hall–Kier alpha value is -3.46. The zero-order valence-corrected chi connectivity index (χ0v) is 15.4. The molecule has 1 amide bonds. The number of rotatable bonds is 4. The number of aromatic nitrogens is 2. The molecule has 8 nitrogen and oxygen atoms in total. The third-order valence-corrected chi connectivity index (χ3v) is 3.78. The molecular weight excluding hydrogens is 389 g/mol. The van der Waals surface area contributed by atoms with Crippen LogP contribution in [-0.2, 0) is 6.54 Å². The molecule has 0 aliphatic carbocycles. The van der Waals surface area contributed by atoms with Gasteiger partial charge in [0.05, 0.1) is 11.6 Å². The van der Waals surface area contributed by atoms with Crippen molar-refractivity contribution in [3.05, 3.63) is 70.3 Å². The van der Waals surface area contributed by atoms with Crippen LogP contribution in [0.3, 0.4) is 0 Å². The largest absolute Gasteiger partial charge is 0.493 e. The van der Waals surface area contributed by atoms with Gasteiger partial charge in [-0.25, -0.2) is 4.39 Å². The summed E-state index contributed by atoms with van der Waals surface area (Å²) in [6, 6.07) is 9.89. The van der Waals surface area contributed by atoms with E-state index >= 15 is 0 Å². The molecule has 28 heavy (non-hydrogen) atoms. The third kappa shape index (κ3) is 5.04. The Kier molecular flexibility index (Phi) is 5.85. The highest BCUT2D eigenvalue weighted by atomic mass is 35.5. The van der Waals surface area contributed by atoms with Crippen molar-refractivity contribution in [3.63, 3.8) is 0 Å². The summed E-state index contributed by atoms with van der Waals surface area (Å²) in [4.78, 5) is 20.2. The number of guanidine groups is 1. The normalized spacial score (nSPS) is 11.3. The summed E-state index contributed by atoms with van der Waals surface area (Å²) in [6.07, 6.45) is 0. The average Bonchev–Trinajstić information content (AvgIpc) is 3.07. The van der Waals surface area contributed by atoms with Gasteiger partial charge in [-0.15, -0.1) is 0 Å². The number of amides is 1. The van der Waals surface area contributed by atoms with Crippen LogP contribution >= 0.6 is 11.6 Å². The van der Waals surface area contributed by atoms with Crippen molar-refractivity contribution < 1.29 is 18.8 Å². The van der Waals surface area contributed by atoms with Crippen LogP contribution < -0.4 is 10.6 Å². The van der Waals surface area contributed by atoms with Gasteiger partial charge in [0.25, 0.3) is 5.91 Å². The van der Waals surface area contributed by atoms with Gasteiger partial charge in [-0.2, -0.15) is 9.98 Å². The van der Waals surface area contributed by atoms with Crippen LogP contribution in [-0.4, -0.2) is 27.1 Å². The Balaban J connectivity index is 1.83. The second-order valence-electron chi connectivity index (χ2n) is 5.68.